The summed E-state index contributed by atoms with van der Waals surface area (Å²) in [5.41, 5.74) is 0. The van der Waals surface area contributed by atoms with Crippen molar-refractivity contribution in [2.24, 2.45) is 0 Å². The molecular formula is C50H93NO5S. The summed E-state index contributed by atoms with van der Waals surface area (Å²) in [7, 11) is -4.32. The molecule has 3 N–H and O–H groups in total. The number of rotatable bonds is 44. The molecule has 0 saturated heterocycles. The van der Waals surface area contributed by atoms with Gasteiger partial charge < -0.3 is 10.4 Å². The van der Waals surface area contributed by atoms with Crippen LogP contribution in [-0.2, 0) is 14.9 Å². The standard InChI is InChI=1S/C50H93NO5S/c1-3-5-7-9-11-13-15-17-19-21-23-24-25-26-28-30-32-34-36-38-40-42-44-46-50(53)51-48(47-57(54,55)56)49(52)45-43-41-39-37-35-33-31-29-27-22-20-18-16-14-12-10-8-6-4-2/h5,7,11,13,17,19,23-24,48-49,52H,3-4,6,8-10,12,14-16,18,20-22,25-47H2,1-2H3,(H,51,53)(H,54,55,56)/b7-5-,13-11-,19-17-,24-23-. The highest BCUT2D eigenvalue weighted by atomic mass is 32.2. The zero-order valence-corrected chi connectivity index (χ0v) is 38.3. The van der Waals surface area contributed by atoms with E-state index in [0.29, 0.717) is 12.8 Å². The van der Waals surface area contributed by atoms with Crippen LogP contribution in [0, 0.1) is 0 Å². The fourth-order valence-corrected chi connectivity index (χ4v) is 8.21. The van der Waals surface area contributed by atoms with Crippen LogP contribution in [0.3, 0.4) is 0 Å². The summed E-state index contributed by atoms with van der Waals surface area (Å²) >= 11 is 0. The average Bonchev–Trinajstić information content (AvgIpc) is 3.18. The third kappa shape index (κ3) is 45.2. The topological polar surface area (TPSA) is 104 Å². The summed E-state index contributed by atoms with van der Waals surface area (Å²) in [5.74, 6) is -0.898. The zero-order valence-electron chi connectivity index (χ0n) is 37.5. The van der Waals surface area contributed by atoms with Crippen molar-refractivity contribution in [3.05, 3.63) is 48.6 Å². The SMILES string of the molecule is CC/C=C\C/C=C\C/C=C\C/C=C\CCCCCCCCCCCCC(=O)NC(CS(=O)(=O)O)C(O)CCCCCCCCCCCCCCCCCCCCC. The molecule has 0 aliphatic rings. The highest BCUT2D eigenvalue weighted by molar-refractivity contribution is 7.85. The summed E-state index contributed by atoms with van der Waals surface area (Å²) in [5, 5.41) is 13.4. The second-order valence-electron chi connectivity index (χ2n) is 16.7. The fraction of sp³-hybridized carbons (Fsp3) is 0.820. The Morgan fingerprint density at radius 1 is 0.491 bits per heavy atom. The monoisotopic (exact) mass is 820 g/mol. The van der Waals surface area contributed by atoms with E-state index in [0.717, 1.165) is 64.2 Å². The van der Waals surface area contributed by atoms with Gasteiger partial charge in [0.1, 0.15) is 0 Å². The minimum absolute atomic E-state index is 0.249. The van der Waals surface area contributed by atoms with Crippen LogP contribution in [0.1, 0.15) is 245 Å². The molecule has 1 amide bonds. The molecule has 0 saturated carbocycles. The molecule has 334 valence electrons. The summed E-state index contributed by atoms with van der Waals surface area (Å²) in [6.45, 7) is 4.43. The van der Waals surface area contributed by atoms with Crippen molar-refractivity contribution in [2.75, 3.05) is 5.75 Å². The van der Waals surface area contributed by atoms with E-state index in [1.807, 2.05) is 0 Å². The Bertz CT molecular complexity index is 1080. The zero-order chi connectivity index (χ0) is 41.8. The second-order valence-corrected chi connectivity index (χ2v) is 18.2. The number of aliphatic hydroxyl groups excluding tert-OH is 1. The molecule has 0 aliphatic carbocycles. The van der Waals surface area contributed by atoms with E-state index < -0.39 is 28.0 Å². The number of amides is 1. The first-order valence-electron chi connectivity index (χ1n) is 24.3. The maximum absolute atomic E-state index is 12.6. The van der Waals surface area contributed by atoms with E-state index in [9.17, 15) is 22.9 Å². The Kier molecular flexibility index (Phi) is 42.6. The van der Waals surface area contributed by atoms with Gasteiger partial charge in [-0.15, -0.1) is 0 Å². The van der Waals surface area contributed by atoms with Crippen molar-refractivity contribution < 1.29 is 22.9 Å². The third-order valence-electron chi connectivity index (χ3n) is 11.0. The van der Waals surface area contributed by atoms with E-state index in [-0.39, 0.29) is 5.91 Å². The molecule has 0 aliphatic heterocycles. The van der Waals surface area contributed by atoms with Crippen molar-refractivity contribution in [2.45, 2.75) is 257 Å². The largest absolute Gasteiger partial charge is 0.391 e. The van der Waals surface area contributed by atoms with Crippen molar-refractivity contribution in [3.8, 4) is 0 Å². The summed E-state index contributed by atoms with van der Waals surface area (Å²) in [4.78, 5) is 12.6. The molecule has 0 aromatic carbocycles. The molecule has 0 aromatic heterocycles. The van der Waals surface area contributed by atoms with Gasteiger partial charge >= 0.3 is 0 Å². The minimum atomic E-state index is -4.32. The molecular weight excluding hydrogens is 727 g/mol. The molecule has 0 bridgehead atoms. The maximum Gasteiger partial charge on any atom is 0.266 e. The highest BCUT2D eigenvalue weighted by Gasteiger charge is 2.26. The number of hydrogen-bond acceptors (Lipinski definition) is 4. The minimum Gasteiger partial charge on any atom is -0.391 e. The van der Waals surface area contributed by atoms with Gasteiger partial charge in [-0.05, 0) is 51.4 Å². The van der Waals surface area contributed by atoms with Gasteiger partial charge in [0.05, 0.1) is 17.9 Å². The van der Waals surface area contributed by atoms with Crippen LogP contribution in [0.4, 0.5) is 0 Å². The van der Waals surface area contributed by atoms with Crippen molar-refractivity contribution in [3.63, 3.8) is 0 Å². The van der Waals surface area contributed by atoms with E-state index in [1.54, 1.807) is 0 Å². The quantitative estimate of drug-likeness (QED) is 0.0323. The van der Waals surface area contributed by atoms with Crippen LogP contribution in [-0.4, -0.2) is 41.9 Å². The van der Waals surface area contributed by atoms with Crippen molar-refractivity contribution in [1.82, 2.24) is 5.32 Å². The Morgan fingerprint density at radius 3 is 1.25 bits per heavy atom. The van der Waals surface area contributed by atoms with E-state index >= 15 is 0 Å². The van der Waals surface area contributed by atoms with Gasteiger partial charge in [0, 0.05) is 6.42 Å². The summed E-state index contributed by atoms with van der Waals surface area (Å²) in [6.07, 6.45) is 59.3. The van der Waals surface area contributed by atoms with Gasteiger partial charge in [-0.1, -0.05) is 236 Å². The fourth-order valence-electron chi connectivity index (χ4n) is 7.45. The molecule has 0 heterocycles. The van der Waals surface area contributed by atoms with Crippen LogP contribution in [0.15, 0.2) is 48.6 Å². The predicted molar refractivity (Wildman–Crippen MR) is 248 cm³/mol. The molecule has 2 unspecified atom stereocenters. The van der Waals surface area contributed by atoms with Crippen LogP contribution in [0.5, 0.6) is 0 Å². The average molecular weight is 820 g/mol. The van der Waals surface area contributed by atoms with Gasteiger partial charge in [0.2, 0.25) is 5.91 Å². The number of allylic oxidation sites excluding steroid dienone is 8. The molecule has 0 aromatic rings. The van der Waals surface area contributed by atoms with Crippen LogP contribution < -0.4 is 5.32 Å². The van der Waals surface area contributed by atoms with Gasteiger partial charge in [-0.2, -0.15) is 8.42 Å². The number of carbonyl (C=O) groups is 1. The lowest BCUT2D eigenvalue weighted by molar-refractivity contribution is -0.122. The molecule has 6 nitrogen and oxygen atoms in total. The van der Waals surface area contributed by atoms with E-state index in [2.05, 4.69) is 67.8 Å². The van der Waals surface area contributed by atoms with Gasteiger partial charge in [-0.25, -0.2) is 0 Å². The summed E-state index contributed by atoms with van der Waals surface area (Å²) < 4.78 is 32.7. The lowest BCUT2D eigenvalue weighted by Gasteiger charge is -2.23. The Hall–Kier alpha value is -1.70. The number of unbranched alkanes of at least 4 members (excludes halogenated alkanes) is 28. The second kappa shape index (κ2) is 43.9. The lowest BCUT2D eigenvalue weighted by Crippen LogP contribution is -2.47. The molecule has 0 fully saturated rings. The molecule has 0 spiro atoms. The van der Waals surface area contributed by atoms with E-state index in [1.165, 1.54) is 154 Å². The molecule has 57 heavy (non-hydrogen) atoms. The maximum atomic E-state index is 12.6. The third-order valence-corrected chi connectivity index (χ3v) is 11.8. The van der Waals surface area contributed by atoms with Gasteiger partial charge in [0.15, 0.2) is 0 Å². The normalized spacial score (nSPS) is 13.5. The van der Waals surface area contributed by atoms with E-state index in [4.69, 9.17) is 0 Å². The Labute approximate surface area is 354 Å². The number of nitrogens with one attached hydrogen (secondary N) is 1. The first kappa shape index (κ1) is 55.3. The predicted octanol–water partition coefficient (Wildman–Crippen LogP) is 15.0. The van der Waals surface area contributed by atoms with Crippen molar-refractivity contribution >= 4 is 16.0 Å². The van der Waals surface area contributed by atoms with Crippen LogP contribution in [0.2, 0.25) is 0 Å². The first-order valence-corrected chi connectivity index (χ1v) is 25.9. The smallest absolute Gasteiger partial charge is 0.266 e. The van der Waals surface area contributed by atoms with Crippen molar-refractivity contribution in [1.29, 1.82) is 0 Å². The number of aliphatic hydroxyl groups is 1. The number of carbonyl (C=O) groups excluding carboxylic acids is 1. The molecule has 7 heteroatoms. The molecule has 2 atom stereocenters. The summed E-state index contributed by atoms with van der Waals surface area (Å²) in [6, 6.07) is -0.975. The van der Waals surface area contributed by atoms with Crippen LogP contribution >= 0.6 is 0 Å². The van der Waals surface area contributed by atoms with Gasteiger partial charge in [0.25, 0.3) is 10.1 Å². The van der Waals surface area contributed by atoms with Gasteiger partial charge in [-0.3, -0.25) is 9.35 Å². The first-order chi connectivity index (χ1) is 27.8. The van der Waals surface area contributed by atoms with Crippen LogP contribution in [0.25, 0.3) is 0 Å². The Morgan fingerprint density at radius 2 is 0.842 bits per heavy atom. The Balaban J connectivity index is 3.78. The lowest BCUT2D eigenvalue weighted by atomic mass is 10.0. The highest BCUT2D eigenvalue weighted by Crippen LogP contribution is 2.17. The molecule has 0 rings (SSSR count). The molecule has 0 radical (unpaired) electrons. The number of hydrogen-bond donors (Lipinski definition) is 3.